The Labute approximate surface area is 124 Å². The summed E-state index contributed by atoms with van der Waals surface area (Å²) in [6.07, 6.45) is 2.59. The predicted molar refractivity (Wildman–Crippen MR) is 84.8 cm³/mol. The van der Waals surface area contributed by atoms with Crippen LogP contribution >= 0.6 is 11.8 Å². The summed E-state index contributed by atoms with van der Waals surface area (Å²) < 4.78 is 13.5. The third-order valence-corrected chi connectivity index (χ3v) is 4.84. The summed E-state index contributed by atoms with van der Waals surface area (Å²) in [5, 5.41) is 7.24. The van der Waals surface area contributed by atoms with E-state index < -0.39 is 0 Å². The fraction of sp³-hybridized carbons (Fsp3) is 0.533. The van der Waals surface area contributed by atoms with Crippen LogP contribution in [0, 0.1) is 12.7 Å². The fourth-order valence-electron chi connectivity index (χ4n) is 2.17. The van der Waals surface area contributed by atoms with Gasteiger partial charge in [0.25, 0.3) is 0 Å². The number of aliphatic imine (C=N–C) groups is 1. The molecule has 1 heterocycles. The van der Waals surface area contributed by atoms with Crippen LogP contribution in [0.5, 0.6) is 0 Å². The van der Waals surface area contributed by atoms with Crippen molar-refractivity contribution >= 4 is 17.7 Å². The van der Waals surface area contributed by atoms with Gasteiger partial charge in [-0.3, -0.25) is 4.99 Å². The number of hydrogen-bond acceptors (Lipinski definition) is 2. The average molecular weight is 295 g/mol. The zero-order valence-corrected chi connectivity index (χ0v) is 12.9. The first-order valence-electron chi connectivity index (χ1n) is 7.00. The molecule has 0 aromatic heterocycles. The number of nitrogens with one attached hydrogen (secondary N) is 2. The maximum absolute atomic E-state index is 13.5. The molecule has 20 heavy (non-hydrogen) atoms. The van der Waals surface area contributed by atoms with Crippen LogP contribution in [0.4, 0.5) is 4.39 Å². The quantitative estimate of drug-likeness (QED) is 0.662. The molecule has 1 aromatic rings. The van der Waals surface area contributed by atoms with Gasteiger partial charge in [-0.05, 0) is 42.7 Å². The van der Waals surface area contributed by atoms with E-state index in [1.54, 1.807) is 26.1 Å². The van der Waals surface area contributed by atoms with E-state index in [0.29, 0.717) is 17.4 Å². The Morgan fingerprint density at radius 3 is 2.95 bits per heavy atom. The predicted octanol–water partition coefficient (Wildman–Crippen LogP) is 2.69. The van der Waals surface area contributed by atoms with Gasteiger partial charge < -0.3 is 10.6 Å². The molecule has 110 valence electrons. The monoisotopic (exact) mass is 295 g/mol. The maximum Gasteiger partial charge on any atom is 0.191 e. The molecule has 1 unspecified atom stereocenters. The van der Waals surface area contributed by atoms with Crippen LogP contribution in [-0.2, 0) is 6.54 Å². The molecule has 0 spiro atoms. The highest BCUT2D eigenvalue weighted by Gasteiger charge is 2.15. The van der Waals surface area contributed by atoms with Gasteiger partial charge in [-0.15, -0.1) is 0 Å². The van der Waals surface area contributed by atoms with Crippen molar-refractivity contribution in [2.24, 2.45) is 4.99 Å². The highest BCUT2D eigenvalue weighted by Crippen LogP contribution is 2.25. The Bertz CT molecular complexity index is 470. The molecular weight excluding hydrogens is 273 g/mol. The van der Waals surface area contributed by atoms with Crippen molar-refractivity contribution in [1.29, 1.82) is 0 Å². The molecule has 2 rings (SSSR count). The first kappa shape index (κ1) is 15.2. The Kier molecular flexibility index (Phi) is 5.71. The van der Waals surface area contributed by atoms with Gasteiger partial charge >= 0.3 is 0 Å². The Hall–Kier alpha value is -1.23. The third-order valence-electron chi connectivity index (χ3n) is 3.44. The van der Waals surface area contributed by atoms with E-state index in [1.165, 1.54) is 18.6 Å². The number of nitrogens with zero attached hydrogens (tertiary/aromatic N) is 1. The normalized spacial score (nSPS) is 19.1. The molecule has 5 heteroatoms. The first-order valence-corrected chi connectivity index (χ1v) is 8.05. The molecule has 1 fully saturated rings. The van der Waals surface area contributed by atoms with Gasteiger partial charge in [-0.1, -0.05) is 12.1 Å². The summed E-state index contributed by atoms with van der Waals surface area (Å²) in [6, 6.07) is 5.31. The van der Waals surface area contributed by atoms with Crippen molar-refractivity contribution in [1.82, 2.24) is 10.6 Å². The number of hydrogen-bond donors (Lipinski definition) is 2. The SMILES string of the molecule is CN=C(NCc1ccc(C)c(F)c1)NCC1CCCS1. The van der Waals surface area contributed by atoms with Crippen LogP contribution in [0.2, 0.25) is 0 Å². The lowest BCUT2D eigenvalue weighted by Gasteiger charge is -2.15. The minimum atomic E-state index is -0.158. The number of thioether (sulfide) groups is 1. The van der Waals surface area contributed by atoms with Crippen molar-refractivity contribution in [3.05, 3.63) is 35.1 Å². The van der Waals surface area contributed by atoms with Crippen molar-refractivity contribution in [3.63, 3.8) is 0 Å². The number of benzene rings is 1. The molecule has 0 radical (unpaired) electrons. The van der Waals surface area contributed by atoms with E-state index >= 15 is 0 Å². The average Bonchev–Trinajstić information content (AvgIpc) is 2.96. The van der Waals surface area contributed by atoms with Crippen LogP contribution in [0.3, 0.4) is 0 Å². The number of guanidine groups is 1. The minimum absolute atomic E-state index is 0.158. The zero-order valence-electron chi connectivity index (χ0n) is 12.1. The highest BCUT2D eigenvalue weighted by molar-refractivity contribution is 8.00. The highest BCUT2D eigenvalue weighted by atomic mass is 32.2. The molecule has 1 saturated heterocycles. The molecule has 0 saturated carbocycles. The maximum atomic E-state index is 13.5. The molecule has 1 atom stereocenters. The van der Waals surface area contributed by atoms with E-state index in [-0.39, 0.29) is 5.82 Å². The van der Waals surface area contributed by atoms with Crippen LogP contribution in [0.1, 0.15) is 24.0 Å². The summed E-state index contributed by atoms with van der Waals surface area (Å²) in [5.74, 6) is 1.88. The molecular formula is C15H22FN3S. The summed E-state index contributed by atoms with van der Waals surface area (Å²) in [4.78, 5) is 4.20. The van der Waals surface area contributed by atoms with E-state index in [4.69, 9.17) is 0 Å². The summed E-state index contributed by atoms with van der Waals surface area (Å²) in [6.45, 7) is 3.29. The largest absolute Gasteiger partial charge is 0.355 e. The van der Waals surface area contributed by atoms with Gasteiger partial charge in [0.2, 0.25) is 0 Å². The number of rotatable bonds is 4. The fourth-order valence-corrected chi connectivity index (χ4v) is 3.37. The molecule has 3 nitrogen and oxygen atoms in total. The summed E-state index contributed by atoms with van der Waals surface area (Å²) >= 11 is 2.02. The van der Waals surface area contributed by atoms with E-state index in [9.17, 15) is 4.39 Å². The van der Waals surface area contributed by atoms with Crippen LogP contribution in [-0.4, -0.2) is 30.6 Å². The lowest BCUT2D eigenvalue weighted by atomic mass is 10.1. The van der Waals surface area contributed by atoms with Crippen molar-refractivity contribution in [2.75, 3.05) is 19.3 Å². The Morgan fingerprint density at radius 1 is 1.45 bits per heavy atom. The lowest BCUT2D eigenvalue weighted by Crippen LogP contribution is -2.39. The molecule has 1 aliphatic rings. The molecule has 0 aliphatic carbocycles. The second kappa shape index (κ2) is 7.53. The van der Waals surface area contributed by atoms with Crippen molar-refractivity contribution in [3.8, 4) is 0 Å². The second-order valence-corrected chi connectivity index (χ2v) is 6.43. The van der Waals surface area contributed by atoms with Gasteiger partial charge in [-0.2, -0.15) is 11.8 Å². The Morgan fingerprint density at radius 2 is 2.30 bits per heavy atom. The molecule has 2 N–H and O–H groups in total. The van der Waals surface area contributed by atoms with E-state index in [2.05, 4.69) is 15.6 Å². The van der Waals surface area contributed by atoms with Crippen LogP contribution in [0.25, 0.3) is 0 Å². The summed E-state index contributed by atoms with van der Waals surface area (Å²) in [5.41, 5.74) is 1.60. The smallest absolute Gasteiger partial charge is 0.191 e. The Balaban J connectivity index is 1.79. The molecule has 1 aromatic carbocycles. The van der Waals surface area contributed by atoms with Gasteiger partial charge in [0.1, 0.15) is 5.82 Å². The van der Waals surface area contributed by atoms with Gasteiger partial charge in [0, 0.05) is 25.4 Å². The van der Waals surface area contributed by atoms with E-state index in [1.807, 2.05) is 17.8 Å². The standard InChI is InChI=1S/C15H22FN3S/c1-11-5-6-12(8-14(11)16)9-18-15(17-2)19-10-13-4-3-7-20-13/h5-6,8,13H,3-4,7,9-10H2,1-2H3,(H2,17,18,19). The second-order valence-electron chi connectivity index (χ2n) is 5.03. The van der Waals surface area contributed by atoms with Gasteiger partial charge in [0.05, 0.1) is 0 Å². The number of aryl methyl sites for hydroxylation is 1. The summed E-state index contributed by atoms with van der Waals surface area (Å²) in [7, 11) is 1.76. The molecule has 0 bridgehead atoms. The van der Waals surface area contributed by atoms with E-state index in [0.717, 1.165) is 18.1 Å². The van der Waals surface area contributed by atoms with Crippen molar-refractivity contribution in [2.45, 2.75) is 31.6 Å². The third kappa shape index (κ3) is 4.40. The zero-order chi connectivity index (χ0) is 14.4. The molecule has 1 aliphatic heterocycles. The van der Waals surface area contributed by atoms with Crippen LogP contribution < -0.4 is 10.6 Å². The van der Waals surface area contributed by atoms with Gasteiger partial charge in [0.15, 0.2) is 5.96 Å². The van der Waals surface area contributed by atoms with Crippen molar-refractivity contribution < 1.29 is 4.39 Å². The number of halogens is 1. The molecule has 0 amide bonds. The topological polar surface area (TPSA) is 36.4 Å². The van der Waals surface area contributed by atoms with Gasteiger partial charge in [-0.25, -0.2) is 4.39 Å². The van der Waals surface area contributed by atoms with Crippen LogP contribution in [0.15, 0.2) is 23.2 Å². The lowest BCUT2D eigenvalue weighted by molar-refractivity contribution is 0.615. The first-order chi connectivity index (χ1) is 9.69. The minimum Gasteiger partial charge on any atom is -0.355 e.